The minimum absolute atomic E-state index is 0.371. The molecule has 0 saturated heterocycles. The fraction of sp³-hybridized carbons (Fsp3) is 0.0435. The Kier molecular flexibility index (Phi) is 5.26. The average Bonchev–Trinajstić information content (AvgIpc) is 2.69. The molecular weight excluding hydrogens is 322 g/mol. The molecule has 0 spiro atoms. The predicted molar refractivity (Wildman–Crippen MR) is 102 cm³/mol. The van der Waals surface area contributed by atoms with Crippen LogP contribution in [-0.4, -0.2) is 5.97 Å². The Hall–Kier alpha value is -3.64. The third-order valence-electron chi connectivity index (χ3n) is 3.97. The first-order chi connectivity index (χ1) is 12.7. The lowest BCUT2D eigenvalue weighted by Gasteiger charge is -2.11. The van der Waals surface area contributed by atoms with Crippen LogP contribution in [0.25, 0.3) is 11.1 Å². The Morgan fingerprint density at radius 2 is 1.77 bits per heavy atom. The van der Waals surface area contributed by atoms with Crippen LogP contribution < -0.4 is 4.74 Å². The molecule has 0 aliphatic heterocycles. The number of benzene rings is 3. The smallest absolute Gasteiger partial charge is 0.343 e. The first-order valence-electron chi connectivity index (χ1n) is 8.23. The number of allylic oxidation sites excluding steroid dienone is 1. The van der Waals surface area contributed by atoms with Crippen molar-refractivity contribution in [2.75, 3.05) is 0 Å². The highest BCUT2D eigenvalue weighted by atomic mass is 16.5. The van der Waals surface area contributed by atoms with E-state index in [9.17, 15) is 4.79 Å². The SMILES string of the molecule is C=CCc1ccc(C(=O)Oc2cc(C#N)ccc2-c2ccccc2)cc1. The monoisotopic (exact) mass is 339 g/mol. The van der Waals surface area contributed by atoms with Crippen molar-refractivity contribution in [1.29, 1.82) is 5.26 Å². The molecule has 0 aromatic heterocycles. The number of carbonyl (C=O) groups excluding carboxylic acids is 1. The fourth-order valence-corrected chi connectivity index (χ4v) is 2.63. The molecule has 3 aromatic carbocycles. The van der Waals surface area contributed by atoms with Gasteiger partial charge >= 0.3 is 5.97 Å². The van der Waals surface area contributed by atoms with Crippen LogP contribution in [0.15, 0.2) is 85.5 Å². The minimum atomic E-state index is -0.456. The molecule has 0 atom stereocenters. The molecule has 26 heavy (non-hydrogen) atoms. The van der Waals surface area contributed by atoms with E-state index in [2.05, 4.69) is 12.6 Å². The predicted octanol–water partition coefficient (Wildman–Crippen LogP) is 5.17. The van der Waals surface area contributed by atoms with Crippen molar-refractivity contribution in [3.8, 4) is 22.9 Å². The number of nitrogens with zero attached hydrogens (tertiary/aromatic N) is 1. The third-order valence-corrected chi connectivity index (χ3v) is 3.97. The van der Waals surface area contributed by atoms with Crippen LogP contribution in [0.1, 0.15) is 21.5 Å². The second-order valence-corrected chi connectivity index (χ2v) is 5.77. The summed E-state index contributed by atoms with van der Waals surface area (Å²) < 4.78 is 5.62. The topological polar surface area (TPSA) is 50.1 Å². The zero-order valence-corrected chi connectivity index (χ0v) is 14.2. The van der Waals surface area contributed by atoms with Gasteiger partial charge in [0.2, 0.25) is 0 Å². The van der Waals surface area contributed by atoms with E-state index in [1.807, 2.05) is 48.5 Å². The van der Waals surface area contributed by atoms with Gasteiger partial charge in [-0.15, -0.1) is 6.58 Å². The zero-order chi connectivity index (χ0) is 18.4. The summed E-state index contributed by atoms with van der Waals surface area (Å²) in [6, 6.07) is 24.0. The van der Waals surface area contributed by atoms with Gasteiger partial charge in [-0.2, -0.15) is 5.26 Å². The lowest BCUT2D eigenvalue weighted by Crippen LogP contribution is -2.09. The van der Waals surface area contributed by atoms with Crippen LogP contribution in [0.2, 0.25) is 0 Å². The van der Waals surface area contributed by atoms with Crippen LogP contribution in [0.3, 0.4) is 0 Å². The number of rotatable bonds is 5. The van der Waals surface area contributed by atoms with Gasteiger partial charge in [-0.25, -0.2) is 4.79 Å². The third kappa shape index (κ3) is 3.88. The van der Waals surface area contributed by atoms with Crippen molar-refractivity contribution in [2.24, 2.45) is 0 Å². The maximum atomic E-state index is 12.5. The summed E-state index contributed by atoms with van der Waals surface area (Å²) >= 11 is 0. The number of esters is 1. The highest BCUT2D eigenvalue weighted by Crippen LogP contribution is 2.31. The molecule has 0 radical (unpaired) electrons. The van der Waals surface area contributed by atoms with E-state index in [1.54, 1.807) is 30.3 Å². The van der Waals surface area contributed by atoms with Gasteiger partial charge in [0.05, 0.1) is 17.2 Å². The molecule has 0 amide bonds. The van der Waals surface area contributed by atoms with Crippen molar-refractivity contribution in [3.63, 3.8) is 0 Å². The van der Waals surface area contributed by atoms with Crippen LogP contribution in [0.4, 0.5) is 0 Å². The largest absolute Gasteiger partial charge is 0.422 e. The molecule has 126 valence electrons. The van der Waals surface area contributed by atoms with Gasteiger partial charge in [-0.3, -0.25) is 0 Å². The molecule has 0 heterocycles. The first kappa shape index (κ1) is 17.2. The van der Waals surface area contributed by atoms with E-state index >= 15 is 0 Å². The van der Waals surface area contributed by atoms with E-state index in [0.717, 1.165) is 23.1 Å². The summed E-state index contributed by atoms with van der Waals surface area (Å²) in [5, 5.41) is 9.16. The zero-order valence-electron chi connectivity index (χ0n) is 14.2. The Morgan fingerprint density at radius 3 is 2.42 bits per heavy atom. The molecular formula is C23H17NO2. The van der Waals surface area contributed by atoms with E-state index in [-0.39, 0.29) is 0 Å². The molecule has 0 unspecified atom stereocenters. The second kappa shape index (κ2) is 7.96. The molecule has 0 saturated carbocycles. The molecule has 3 rings (SSSR count). The molecule has 3 nitrogen and oxygen atoms in total. The van der Waals surface area contributed by atoms with E-state index in [0.29, 0.717) is 16.9 Å². The van der Waals surface area contributed by atoms with E-state index in [1.165, 1.54) is 0 Å². The second-order valence-electron chi connectivity index (χ2n) is 5.77. The van der Waals surface area contributed by atoms with Crippen molar-refractivity contribution in [3.05, 3.63) is 102 Å². The molecule has 3 heteroatoms. The average molecular weight is 339 g/mol. The Morgan fingerprint density at radius 1 is 1.04 bits per heavy atom. The van der Waals surface area contributed by atoms with E-state index < -0.39 is 5.97 Å². The Balaban J connectivity index is 1.91. The van der Waals surface area contributed by atoms with Gasteiger partial charge in [-0.1, -0.05) is 48.5 Å². The van der Waals surface area contributed by atoms with Crippen molar-refractivity contribution in [2.45, 2.75) is 6.42 Å². The van der Waals surface area contributed by atoms with Gasteiger partial charge in [0, 0.05) is 5.56 Å². The van der Waals surface area contributed by atoms with Gasteiger partial charge in [-0.05, 0) is 47.9 Å². The molecule has 0 fully saturated rings. The fourth-order valence-electron chi connectivity index (χ4n) is 2.63. The van der Waals surface area contributed by atoms with Crippen LogP contribution in [0, 0.1) is 11.3 Å². The highest BCUT2D eigenvalue weighted by Gasteiger charge is 2.14. The molecule has 0 aliphatic rings. The van der Waals surface area contributed by atoms with Crippen molar-refractivity contribution >= 4 is 5.97 Å². The molecule has 0 aliphatic carbocycles. The Bertz CT molecular complexity index is 967. The minimum Gasteiger partial charge on any atom is -0.422 e. The number of nitriles is 1. The van der Waals surface area contributed by atoms with Gasteiger partial charge in [0.15, 0.2) is 0 Å². The maximum absolute atomic E-state index is 12.5. The lowest BCUT2D eigenvalue weighted by molar-refractivity contribution is 0.0735. The summed E-state index contributed by atoms with van der Waals surface area (Å²) in [5.41, 5.74) is 3.66. The van der Waals surface area contributed by atoms with Gasteiger partial charge < -0.3 is 4.74 Å². The highest BCUT2D eigenvalue weighted by molar-refractivity contribution is 5.92. The molecule has 3 aromatic rings. The number of hydrogen-bond acceptors (Lipinski definition) is 3. The number of carbonyl (C=O) groups is 1. The standard InChI is InChI=1S/C23H17NO2/c1-2-6-17-9-12-20(13-10-17)23(25)26-22-15-18(16-24)11-14-21(22)19-7-4-3-5-8-19/h2-5,7-15H,1,6H2. The van der Waals surface area contributed by atoms with Crippen LogP contribution >= 0.6 is 0 Å². The summed E-state index contributed by atoms with van der Waals surface area (Å²) in [6.07, 6.45) is 2.56. The van der Waals surface area contributed by atoms with Gasteiger partial charge in [0.25, 0.3) is 0 Å². The lowest BCUT2D eigenvalue weighted by atomic mass is 10.0. The molecule has 0 bridgehead atoms. The summed E-state index contributed by atoms with van der Waals surface area (Å²) in [5.74, 6) is -0.0853. The maximum Gasteiger partial charge on any atom is 0.343 e. The normalized spacial score (nSPS) is 9.96. The van der Waals surface area contributed by atoms with Crippen molar-refractivity contribution in [1.82, 2.24) is 0 Å². The summed E-state index contributed by atoms with van der Waals surface area (Å²) in [6.45, 7) is 3.71. The summed E-state index contributed by atoms with van der Waals surface area (Å²) in [4.78, 5) is 12.5. The molecule has 0 N–H and O–H groups in total. The quantitative estimate of drug-likeness (QED) is 0.366. The number of hydrogen-bond donors (Lipinski definition) is 0. The Labute approximate surface area is 152 Å². The number of ether oxygens (including phenoxy) is 1. The van der Waals surface area contributed by atoms with Crippen LogP contribution in [-0.2, 0) is 6.42 Å². The van der Waals surface area contributed by atoms with E-state index in [4.69, 9.17) is 10.00 Å². The first-order valence-corrected chi connectivity index (χ1v) is 8.23. The van der Waals surface area contributed by atoms with Gasteiger partial charge in [0.1, 0.15) is 5.75 Å². The van der Waals surface area contributed by atoms with Crippen molar-refractivity contribution < 1.29 is 9.53 Å². The summed E-state index contributed by atoms with van der Waals surface area (Å²) in [7, 11) is 0. The van der Waals surface area contributed by atoms with Crippen LogP contribution in [0.5, 0.6) is 5.75 Å².